The van der Waals surface area contributed by atoms with Gasteiger partial charge in [-0.05, 0) is 41.7 Å². The van der Waals surface area contributed by atoms with Crippen molar-refractivity contribution in [1.82, 2.24) is 9.13 Å². The summed E-state index contributed by atoms with van der Waals surface area (Å²) in [5.41, 5.74) is 6.93. The van der Waals surface area contributed by atoms with Crippen molar-refractivity contribution in [2.24, 2.45) is 0 Å². The summed E-state index contributed by atoms with van der Waals surface area (Å²) in [5.74, 6) is 0.199. The van der Waals surface area contributed by atoms with Gasteiger partial charge in [-0.25, -0.2) is 0 Å². The second kappa shape index (κ2) is 12.3. The number of rotatable bonds is 13. The van der Waals surface area contributed by atoms with E-state index in [4.69, 9.17) is 0 Å². The van der Waals surface area contributed by atoms with E-state index in [2.05, 4.69) is 114 Å². The summed E-state index contributed by atoms with van der Waals surface area (Å²) < 4.78 is 5.03. The molecule has 2 aromatic heterocycles. The number of fused-ring (bicyclic) bond motifs is 2. The van der Waals surface area contributed by atoms with E-state index < -0.39 is 0 Å². The maximum absolute atomic E-state index is 2.51. The second-order valence-electron chi connectivity index (χ2n) is 10.6. The molecule has 0 fully saturated rings. The van der Waals surface area contributed by atoms with Gasteiger partial charge in [-0.2, -0.15) is 0 Å². The zero-order chi connectivity index (χ0) is 25.5. The highest BCUT2D eigenvalue weighted by molar-refractivity contribution is 5.90. The number of unbranched alkanes of at least 4 members (excludes halogenated alkanes) is 6. The minimum absolute atomic E-state index is 0.199. The van der Waals surface area contributed by atoms with E-state index in [0.29, 0.717) is 0 Å². The highest BCUT2D eigenvalue weighted by atomic mass is 15.0. The Morgan fingerprint density at radius 3 is 1.46 bits per heavy atom. The summed E-state index contributed by atoms with van der Waals surface area (Å²) >= 11 is 0. The second-order valence-corrected chi connectivity index (χ2v) is 10.6. The van der Waals surface area contributed by atoms with Gasteiger partial charge in [-0.15, -0.1) is 0 Å². The quantitative estimate of drug-likeness (QED) is 0.145. The third kappa shape index (κ3) is 5.54. The third-order valence-electron chi connectivity index (χ3n) is 7.90. The van der Waals surface area contributed by atoms with Gasteiger partial charge in [0.25, 0.3) is 0 Å². The minimum Gasteiger partial charge on any atom is -0.347 e. The maximum Gasteiger partial charge on any atom is 0.0483 e. The summed E-state index contributed by atoms with van der Waals surface area (Å²) in [6, 6.07) is 29.2. The van der Waals surface area contributed by atoms with Gasteiger partial charge in [-0.3, -0.25) is 0 Å². The lowest BCUT2D eigenvalue weighted by Gasteiger charge is -2.17. The smallest absolute Gasteiger partial charge is 0.0483 e. The molecule has 37 heavy (non-hydrogen) atoms. The average Bonchev–Trinajstić information content (AvgIpc) is 3.49. The lowest BCUT2D eigenvalue weighted by molar-refractivity contribution is 0.591. The molecule has 2 nitrogen and oxygen atoms in total. The lowest BCUT2D eigenvalue weighted by atomic mass is 9.85. The highest BCUT2D eigenvalue weighted by Crippen LogP contribution is 2.41. The molecule has 2 heteroatoms. The van der Waals surface area contributed by atoms with Gasteiger partial charge < -0.3 is 9.13 Å². The fourth-order valence-electron chi connectivity index (χ4n) is 5.97. The standard InChI is InChI=1S/C35H42N2/c1-3-5-7-16-24-36-26-31(29-20-12-14-22-33(29)36)35(28-18-10-9-11-19-28)32-27-37(25-17-8-6-4-2)34-23-15-13-21-30(32)34/h9-15,18-23,26-27,35H,3-8,16-17,24-25H2,1-2H3. The van der Waals surface area contributed by atoms with E-state index in [1.165, 1.54) is 89.9 Å². The Bertz CT molecular complexity index is 1320. The number of hydrogen-bond donors (Lipinski definition) is 0. The molecule has 0 radical (unpaired) electrons. The van der Waals surface area contributed by atoms with Crippen LogP contribution in [0.3, 0.4) is 0 Å². The number of benzene rings is 3. The summed E-state index contributed by atoms with van der Waals surface area (Å²) in [5, 5.41) is 2.76. The van der Waals surface area contributed by atoms with Gasteiger partial charge in [0.15, 0.2) is 0 Å². The van der Waals surface area contributed by atoms with Crippen LogP contribution in [0.5, 0.6) is 0 Å². The molecule has 0 spiro atoms. The lowest BCUT2D eigenvalue weighted by Crippen LogP contribution is -2.03. The Balaban J connectivity index is 1.62. The summed E-state index contributed by atoms with van der Waals surface area (Å²) in [6.07, 6.45) is 15.2. The molecule has 3 aromatic carbocycles. The Hall–Kier alpha value is -3.26. The van der Waals surface area contributed by atoms with E-state index in [0.717, 1.165) is 13.1 Å². The molecule has 0 unspecified atom stereocenters. The van der Waals surface area contributed by atoms with Crippen LogP contribution in [0.25, 0.3) is 21.8 Å². The van der Waals surface area contributed by atoms with Crippen LogP contribution in [0.1, 0.15) is 87.8 Å². The van der Waals surface area contributed by atoms with Gasteiger partial charge in [-0.1, -0.05) is 119 Å². The van der Waals surface area contributed by atoms with Crippen LogP contribution in [0.2, 0.25) is 0 Å². The van der Waals surface area contributed by atoms with Crippen LogP contribution in [0, 0.1) is 0 Å². The van der Waals surface area contributed by atoms with Crippen molar-refractivity contribution in [2.75, 3.05) is 0 Å². The molecule has 2 heterocycles. The van der Waals surface area contributed by atoms with Crippen molar-refractivity contribution in [3.8, 4) is 0 Å². The van der Waals surface area contributed by atoms with E-state index >= 15 is 0 Å². The van der Waals surface area contributed by atoms with Crippen molar-refractivity contribution < 1.29 is 0 Å². The fourth-order valence-corrected chi connectivity index (χ4v) is 5.97. The largest absolute Gasteiger partial charge is 0.347 e. The average molecular weight is 491 g/mol. The molecule has 0 atom stereocenters. The maximum atomic E-state index is 2.51. The zero-order valence-corrected chi connectivity index (χ0v) is 22.7. The molecular weight excluding hydrogens is 448 g/mol. The highest BCUT2D eigenvalue weighted by Gasteiger charge is 2.25. The Labute approximate surface area is 222 Å². The summed E-state index contributed by atoms with van der Waals surface area (Å²) in [4.78, 5) is 0. The monoisotopic (exact) mass is 490 g/mol. The zero-order valence-electron chi connectivity index (χ0n) is 22.7. The first-order valence-corrected chi connectivity index (χ1v) is 14.5. The first-order valence-electron chi connectivity index (χ1n) is 14.5. The van der Waals surface area contributed by atoms with Crippen LogP contribution in [-0.2, 0) is 13.1 Å². The number of aryl methyl sites for hydroxylation is 2. The van der Waals surface area contributed by atoms with Crippen molar-refractivity contribution in [3.05, 3.63) is 108 Å². The van der Waals surface area contributed by atoms with Crippen LogP contribution < -0.4 is 0 Å². The van der Waals surface area contributed by atoms with Crippen LogP contribution in [-0.4, -0.2) is 9.13 Å². The molecule has 0 bridgehead atoms. The molecular formula is C35H42N2. The molecule has 0 saturated carbocycles. The summed E-state index contributed by atoms with van der Waals surface area (Å²) in [6.45, 7) is 6.74. The molecule has 0 aliphatic rings. The van der Waals surface area contributed by atoms with Crippen molar-refractivity contribution in [2.45, 2.75) is 84.2 Å². The van der Waals surface area contributed by atoms with Gasteiger partial charge in [0, 0.05) is 53.2 Å². The molecule has 0 amide bonds. The predicted octanol–water partition coefficient (Wildman–Crippen LogP) is 9.94. The van der Waals surface area contributed by atoms with Gasteiger partial charge in [0.1, 0.15) is 0 Å². The molecule has 0 saturated heterocycles. The molecule has 5 rings (SSSR count). The van der Waals surface area contributed by atoms with Gasteiger partial charge in [0.05, 0.1) is 0 Å². The molecule has 0 aliphatic heterocycles. The topological polar surface area (TPSA) is 9.86 Å². The van der Waals surface area contributed by atoms with Crippen molar-refractivity contribution in [1.29, 1.82) is 0 Å². The molecule has 0 N–H and O–H groups in total. The first kappa shape index (κ1) is 25.4. The van der Waals surface area contributed by atoms with Gasteiger partial charge >= 0.3 is 0 Å². The SMILES string of the molecule is CCCCCCn1cc(C(c2ccccc2)c2cn(CCCCCC)c3ccccc23)c2ccccc21. The van der Waals surface area contributed by atoms with Gasteiger partial charge in [0.2, 0.25) is 0 Å². The van der Waals surface area contributed by atoms with E-state index in [1.807, 2.05) is 0 Å². The Morgan fingerprint density at radius 1 is 0.514 bits per heavy atom. The molecule has 5 aromatic rings. The third-order valence-corrected chi connectivity index (χ3v) is 7.90. The molecule has 0 aliphatic carbocycles. The van der Waals surface area contributed by atoms with Crippen molar-refractivity contribution in [3.63, 3.8) is 0 Å². The van der Waals surface area contributed by atoms with Crippen LogP contribution in [0.15, 0.2) is 91.3 Å². The number of para-hydroxylation sites is 2. The van der Waals surface area contributed by atoms with Crippen molar-refractivity contribution >= 4 is 21.8 Å². The summed E-state index contributed by atoms with van der Waals surface area (Å²) in [7, 11) is 0. The Kier molecular flexibility index (Phi) is 8.46. The number of hydrogen-bond acceptors (Lipinski definition) is 0. The number of aromatic nitrogens is 2. The van der Waals surface area contributed by atoms with Crippen LogP contribution >= 0.6 is 0 Å². The molecule has 192 valence electrons. The predicted molar refractivity (Wildman–Crippen MR) is 160 cm³/mol. The Morgan fingerprint density at radius 2 is 0.973 bits per heavy atom. The fraction of sp³-hybridized carbons (Fsp3) is 0.371. The normalized spacial score (nSPS) is 11.8. The first-order chi connectivity index (χ1) is 18.3. The van der Waals surface area contributed by atoms with E-state index in [9.17, 15) is 0 Å². The van der Waals surface area contributed by atoms with Crippen LogP contribution in [0.4, 0.5) is 0 Å². The van der Waals surface area contributed by atoms with E-state index in [-0.39, 0.29) is 5.92 Å². The number of nitrogens with zero attached hydrogens (tertiary/aromatic N) is 2. The van der Waals surface area contributed by atoms with E-state index in [1.54, 1.807) is 0 Å². The minimum atomic E-state index is 0.199.